The van der Waals surface area contributed by atoms with Gasteiger partial charge in [0.05, 0.1) is 23.3 Å². The number of nitrogens with zero attached hydrogens (tertiary/aromatic N) is 3. The number of ketones is 1. The van der Waals surface area contributed by atoms with Crippen LogP contribution in [0.3, 0.4) is 0 Å². The fourth-order valence-corrected chi connectivity index (χ4v) is 3.05. The fourth-order valence-electron chi connectivity index (χ4n) is 2.39. The molecule has 0 aliphatic heterocycles. The molecule has 134 valence electrons. The number of nitrogens with one attached hydrogen (secondary N) is 1. The average molecular weight is 371 g/mol. The maximum absolute atomic E-state index is 12.2. The molecule has 0 aliphatic carbocycles. The number of anilines is 1. The van der Waals surface area contributed by atoms with Crippen molar-refractivity contribution in [3.05, 3.63) is 47.9 Å². The standard InChI is InChI=1S/C17H17N5O3S/c1-10(23)12-5-3-4-6-14(12)19-15(24)9-26-17-21-20-16(22(17)18)13-7-8-25-11(13)2/h3-8H,9,18H2,1-2H3,(H,19,24). The van der Waals surface area contributed by atoms with E-state index in [-0.39, 0.29) is 17.4 Å². The van der Waals surface area contributed by atoms with Crippen molar-refractivity contribution in [1.82, 2.24) is 14.9 Å². The summed E-state index contributed by atoms with van der Waals surface area (Å²) in [4.78, 5) is 23.8. The molecule has 0 fully saturated rings. The van der Waals surface area contributed by atoms with Gasteiger partial charge in [0.1, 0.15) is 5.76 Å². The second-order valence-electron chi connectivity index (χ2n) is 5.51. The van der Waals surface area contributed by atoms with E-state index in [0.717, 1.165) is 17.3 Å². The number of benzene rings is 1. The average Bonchev–Trinajstić information content (AvgIpc) is 3.18. The van der Waals surface area contributed by atoms with Crippen LogP contribution in [0.2, 0.25) is 0 Å². The number of para-hydroxylation sites is 1. The van der Waals surface area contributed by atoms with Gasteiger partial charge in [-0.1, -0.05) is 23.9 Å². The first kappa shape index (κ1) is 17.7. The number of amides is 1. The maximum Gasteiger partial charge on any atom is 0.234 e. The third kappa shape index (κ3) is 3.62. The van der Waals surface area contributed by atoms with Crippen LogP contribution in [-0.2, 0) is 4.79 Å². The summed E-state index contributed by atoms with van der Waals surface area (Å²) in [5, 5.41) is 11.2. The van der Waals surface area contributed by atoms with Crippen LogP contribution in [0, 0.1) is 6.92 Å². The smallest absolute Gasteiger partial charge is 0.234 e. The summed E-state index contributed by atoms with van der Waals surface area (Å²) >= 11 is 1.15. The number of rotatable bonds is 6. The number of Topliss-reactive ketones (excluding diaryl/α,β-unsaturated/α-hetero) is 1. The molecule has 0 saturated heterocycles. The van der Waals surface area contributed by atoms with Crippen LogP contribution in [0.5, 0.6) is 0 Å². The minimum absolute atomic E-state index is 0.0753. The number of hydrogen-bond donors (Lipinski definition) is 2. The van der Waals surface area contributed by atoms with E-state index in [1.54, 1.807) is 43.5 Å². The lowest BCUT2D eigenvalue weighted by molar-refractivity contribution is -0.113. The van der Waals surface area contributed by atoms with E-state index in [1.807, 2.05) is 0 Å². The molecule has 9 heteroatoms. The van der Waals surface area contributed by atoms with Crippen LogP contribution in [0.15, 0.2) is 46.2 Å². The number of aromatic nitrogens is 3. The molecule has 0 bridgehead atoms. The monoisotopic (exact) mass is 371 g/mol. The van der Waals surface area contributed by atoms with Gasteiger partial charge in [-0.25, -0.2) is 4.68 Å². The SMILES string of the molecule is CC(=O)c1ccccc1NC(=O)CSc1nnc(-c2ccoc2C)n1N. The normalized spacial score (nSPS) is 10.7. The van der Waals surface area contributed by atoms with Crippen molar-refractivity contribution in [1.29, 1.82) is 0 Å². The van der Waals surface area contributed by atoms with Crippen LogP contribution < -0.4 is 11.2 Å². The van der Waals surface area contributed by atoms with Crippen molar-refractivity contribution in [2.45, 2.75) is 19.0 Å². The highest BCUT2D eigenvalue weighted by Crippen LogP contribution is 2.25. The van der Waals surface area contributed by atoms with Crippen molar-refractivity contribution in [2.75, 3.05) is 16.9 Å². The van der Waals surface area contributed by atoms with Crippen molar-refractivity contribution in [3.63, 3.8) is 0 Å². The third-order valence-electron chi connectivity index (χ3n) is 3.68. The fraction of sp³-hybridized carbons (Fsp3) is 0.176. The number of thioether (sulfide) groups is 1. The van der Waals surface area contributed by atoms with E-state index in [0.29, 0.717) is 28.0 Å². The maximum atomic E-state index is 12.2. The van der Waals surface area contributed by atoms with Crippen LogP contribution in [0.4, 0.5) is 5.69 Å². The number of carbonyl (C=O) groups excluding carboxylic acids is 2. The molecule has 8 nitrogen and oxygen atoms in total. The zero-order valence-corrected chi connectivity index (χ0v) is 15.0. The summed E-state index contributed by atoms with van der Waals surface area (Å²) in [6.07, 6.45) is 1.55. The molecule has 2 heterocycles. The zero-order valence-electron chi connectivity index (χ0n) is 14.2. The van der Waals surface area contributed by atoms with Gasteiger partial charge in [-0.05, 0) is 32.0 Å². The highest BCUT2D eigenvalue weighted by Gasteiger charge is 2.17. The van der Waals surface area contributed by atoms with Gasteiger partial charge in [-0.3, -0.25) is 9.59 Å². The number of hydrogen-bond acceptors (Lipinski definition) is 7. The predicted octanol–water partition coefficient (Wildman–Crippen LogP) is 2.49. The number of aryl methyl sites for hydroxylation is 1. The predicted molar refractivity (Wildman–Crippen MR) is 98.4 cm³/mol. The molecule has 0 unspecified atom stereocenters. The minimum atomic E-state index is -0.271. The summed E-state index contributed by atoms with van der Waals surface area (Å²) < 4.78 is 6.56. The first-order valence-electron chi connectivity index (χ1n) is 7.75. The minimum Gasteiger partial charge on any atom is -0.469 e. The van der Waals surface area contributed by atoms with E-state index in [9.17, 15) is 9.59 Å². The lowest BCUT2D eigenvalue weighted by Gasteiger charge is -2.08. The van der Waals surface area contributed by atoms with Crippen LogP contribution in [0.25, 0.3) is 11.4 Å². The second-order valence-corrected chi connectivity index (χ2v) is 6.45. The van der Waals surface area contributed by atoms with Gasteiger partial charge in [0.25, 0.3) is 0 Å². The number of nitrogens with two attached hydrogens (primary N) is 1. The van der Waals surface area contributed by atoms with E-state index in [4.69, 9.17) is 10.3 Å². The summed E-state index contributed by atoms with van der Waals surface area (Å²) in [7, 11) is 0. The first-order valence-corrected chi connectivity index (χ1v) is 8.73. The Labute approximate surface area is 153 Å². The zero-order chi connectivity index (χ0) is 18.7. The van der Waals surface area contributed by atoms with Crippen LogP contribution in [0.1, 0.15) is 23.0 Å². The lowest BCUT2D eigenvalue weighted by atomic mass is 10.1. The number of nitrogen functional groups attached to an aromatic ring is 1. The number of furan rings is 1. The van der Waals surface area contributed by atoms with Crippen molar-refractivity contribution in [2.24, 2.45) is 0 Å². The first-order chi connectivity index (χ1) is 12.5. The molecular formula is C17H17N5O3S. The topological polar surface area (TPSA) is 116 Å². The number of carbonyl (C=O) groups is 2. The van der Waals surface area contributed by atoms with Gasteiger partial charge in [-0.15, -0.1) is 10.2 Å². The van der Waals surface area contributed by atoms with Gasteiger partial charge >= 0.3 is 0 Å². The second kappa shape index (κ2) is 7.44. The van der Waals surface area contributed by atoms with Crippen molar-refractivity contribution < 1.29 is 14.0 Å². The molecule has 1 amide bonds. The Balaban J connectivity index is 1.67. The summed E-state index contributed by atoms with van der Waals surface area (Å²) in [5.74, 6) is 6.85. The quantitative estimate of drug-likeness (QED) is 0.388. The molecule has 0 atom stereocenters. The summed E-state index contributed by atoms with van der Waals surface area (Å²) in [6.45, 7) is 3.26. The molecule has 26 heavy (non-hydrogen) atoms. The highest BCUT2D eigenvalue weighted by molar-refractivity contribution is 7.99. The van der Waals surface area contributed by atoms with Crippen LogP contribution >= 0.6 is 11.8 Å². The van der Waals surface area contributed by atoms with Crippen LogP contribution in [-0.4, -0.2) is 32.3 Å². The Bertz CT molecular complexity index is 963. The summed E-state index contributed by atoms with van der Waals surface area (Å²) in [6, 6.07) is 8.61. The van der Waals surface area contributed by atoms with E-state index in [2.05, 4.69) is 15.5 Å². The summed E-state index contributed by atoms with van der Waals surface area (Å²) in [5.41, 5.74) is 1.69. The lowest BCUT2D eigenvalue weighted by Crippen LogP contribution is -2.17. The molecule has 0 spiro atoms. The molecule has 0 saturated carbocycles. The Kier molecular flexibility index (Phi) is 5.08. The largest absolute Gasteiger partial charge is 0.469 e. The third-order valence-corrected chi connectivity index (χ3v) is 4.62. The molecule has 0 radical (unpaired) electrons. The molecule has 1 aromatic carbocycles. The molecule has 3 aromatic rings. The van der Waals surface area contributed by atoms with Crippen molar-refractivity contribution >= 4 is 29.1 Å². The molecule has 2 aromatic heterocycles. The molecule has 3 N–H and O–H groups in total. The van der Waals surface area contributed by atoms with Gasteiger partial charge in [-0.2, -0.15) is 0 Å². The highest BCUT2D eigenvalue weighted by atomic mass is 32.2. The molecule has 3 rings (SSSR count). The Hall–Kier alpha value is -3.07. The molecule has 0 aliphatic rings. The Morgan fingerprint density at radius 3 is 2.73 bits per heavy atom. The Morgan fingerprint density at radius 1 is 1.27 bits per heavy atom. The van der Waals surface area contributed by atoms with E-state index >= 15 is 0 Å². The van der Waals surface area contributed by atoms with Gasteiger partial charge in [0.15, 0.2) is 11.6 Å². The van der Waals surface area contributed by atoms with E-state index < -0.39 is 0 Å². The Morgan fingerprint density at radius 2 is 2.04 bits per heavy atom. The molecular weight excluding hydrogens is 354 g/mol. The van der Waals surface area contributed by atoms with Gasteiger partial charge in [0, 0.05) is 5.56 Å². The van der Waals surface area contributed by atoms with Gasteiger partial charge in [0.2, 0.25) is 11.1 Å². The van der Waals surface area contributed by atoms with Crippen molar-refractivity contribution in [3.8, 4) is 11.4 Å². The van der Waals surface area contributed by atoms with Gasteiger partial charge < -0.3 is 15.6 Å². The van der Waals surface area contributed by atoms with E-state index in [1.165, 1.54) is 11.6 Å².